The minimum absolute atomic E-state index is 0.236. The van der Waals surface area contributed by atoms with Crippen LogP contribution in [0.25, 0.3) is 0 Å². The Bertz CT molecular complexity index is 611. The molecular weight excluding hydrogens is 495 g/mol. The van der Waals surface area contributed by atoms with Crippen molar-refractivity contribution in [3.05, 3.63) is 24.3 Å². The third-order valence-corrected chi connectivity index (χ3v) is 6.70. The van der Waals surface area contributed by atoms with Crippen molar-refractivity contribution in [2.45, 2.75) is 117 Å². The van der Waals surface area contributed by atoms with E-state index in [0.717, 1.165) is 103 Å². The van der Waals surface area contributed by atoms with Gasteiger partial charge in [-0.3, -0.25) is 9.05 Å². The highest BCUT2D eigenvalue weighted by Gasteiger charge is 2.19. The van der Waals surface area contributed by atoms with Crippen LogP contribution < -0.4 is 0 Å². The number of rotatable bonds is 26. The maximum Gasteiger partial charge on any atom is 0.472 e. The number of phosphoric ester groups is 1. The van der Waals surface area contributed by atoms with Gasteiger partial charge in [-0.05, 0) is 39.5 Å². The summed E-state index contributed by atoms with van der Waals surface area (Å²) in [6.45, 7) is 5.00. The van der Waals surface area contributed by atoms with Gasteiger partial charge in [-0.25, -0.2) is 14.2 Å². The Labute approximate surface area is 224 Å². The van der Waals surface area contributed by atoms with Crippen molar-refractivity contribution in [1.82, 2.24) is 0 Å². The molecule has 0 rings (SSSR count). The fourth-order valence-electron chi connectivity index (χ4n) is 3.64. The van der Waals surface area contributed by atoms with Gasteiger partial charge in [0.15, 0.2) is 0 Å². The van der Waals surface area contributed by atoms with Crippen LogP contribution in [0.2, 0.25) is 0 Å². The largest absolute Gasteiger partial charge is 0.472 e. The molecule has 0 aliphatic carbocycles. The van der Waals surface area contributed by atoms with E-state index in [4.69, 9.17) is 18.5 Å². The molecular formula is C28H51O8P. The highest BCUT2D eigenvalue weighted by atomic mass is 31.2. The summed E-state index contributed by atoms with van der Waals surface area (Å²) in [7, 11) is -3.95. The first kappa shape index (κ1) is 35.5. The number of esters is 2. The van der Waals surface area contributed by atoms with Crippen LogP contribution in [-0.2, 0) is 32.7 Å². The van der Waals surface area contributed by atoms with E-state index < -0.39 is 7.82 Å². The van der Waals surface area contributed by atoms with Crippen LogP contribution >= 0.6 is 7.82 Å². The molecule has 0 spiro atoms. The van der Waals surface area contributed by atoms with E-state index in [9.17, 15) is 19.0 Å². The highest BCUT2D eigenvalue weighted by molar-refractivity contribution is 7.47. The molecule has 0 aromatic carbocycles. The lowest BCUT2D eigenvalue weighted by Gasteiger charge is -2.12. The lowest BCUT2D eigenvalue weighted by atomic mass is 10.1. The van der Waals surface area contributed by atoms with Crippen LogP contribution in [0.4, 0.5) is 0 Å². The van der Waals surface area contributed by atoms with Gasteiger partial charge in [-0.1, -0.05) is 89.2 Å². The van der Waals surface area contributed by atoms with Crippen molar-refractivity contribution in [2.75, 3.05) is 26.4 Å². The number of hydrogen-bond donors (Lipinski definition) is 1. The predicted octanol–water partition coefficient (Wildman–Crippen LogP) is 7.60. The third kappa shape index (κ3) is 27.4. The number of ether oxygens (including phenoxy) is 2. The van der Waals surface area contributed by atoms with Gasteiger partial charge in [0.05, 0.1) is 26.4 Å². The van der Waals surface area contributed by atoms with Gasteiger partial charge in [0.25, 0.3) is 0 Å². The van der Waals surface area contributed by atoms with Crippen LogP contribution in [0.5, 0.6) is 0 Å². The van der Waals surface area contributed by atoms with Crippen molar-refractivity contribution in [3.63, 3.8) is 0 Å². The van der Waals surface area contributed by atoms with Crippen LogP contribution in [0.3, 0.4) is 0 Å². The van der Waals surface area contributed by atoms with E-state index >= 15 is 0 Å². The molecule has 0 saturated carbocycles. The van der Waals surface area contributed by atoms with Gasteiger partial charge in [0, 0.05) is 12.2 Å². The molecule has 0 heterocycles. The lowest BCUT2D eigenvalue weighted by Crippen LogP contribution is -2.01. The van der Waals surface area contributed by atoms with Crippen LogP contribution in [-0.4, -0.2) is 43.3 Å². The molecule has 9 heteroatoms. The molecule has 0 aromatic heterocycles. The van der Waals surface area contributed by atoms with Crippen molar-refractivity contribution >= 4 is 19.8 Å². The topological polar surface area (TPSA) is 108 Å². The smallest absolute Gasteiger partial charge is 0.463 e. The SMILES string of the molecule is CC=CC(=O)OCCCCCCCCCCOP(=O)(O)OCCCCCCCCCCOC(=O)C=CC. The lowest BCUT2D eigenvalue weighted by molar-refractivity contribution is -0.138. The van der Waals surface area contributed by atoms with Gasteiger partial charge in [-0.15, -0.1) is 0 Å². The summed E-state index contributed by atoms with van der Waals surface area (Å²) < 4.78 is 32.2. The maximum atomic E-state index is 11.9. The Balaban J connectivity index is 3.38. The molecule has 8 nitrogen and oxygen atoms in total. The molecule has 0 unspecified atom stereocenters. The normalized spacial score (nSPS) is 13.3. The van der Waals surface area contributed by atoms with E-state index in [0.29, 0.717) is 13.2 Å². The van der Waals surface area contributed by atoms with Gasteiger partial charge in [0.1, 0.15) is 0 Å². The standard InChI is InChI=1S/C28H51O8P/c1-3-21-27(29)33-23-17-13-9-5-7-11-15-19-25-35-37(31,32)36-26-20-16-12-8-6-10-14-18-24-34-28(30)22-4-2/h3-4,21-22H,5-20,23-26H2,1-2H3,(H,31,32). The number of unbranched alkanes of at least 4 members (excludes halogenated alkanes) is 14. The number of hydrogen-bond acceptors (Lipinski definition) is 7. The Kier molecular flexibility index (Phi) is 25.1. The average molecular weight is 547 g/mol. The molecule has 0 aromatic rings. The minimum atomic E-state index is -3.95. The Morgan fingerprint density at radius 3 is 1.11 bits per heavy atom. The first-order valence-electron chi connectivity index (χ1n) is 14.1. The quantitative estimate of drug-likeness (QED) is 0.0511. The second-order valence-electron chi connectivity index (χ2n) is 9.13. The number of carbonyl (C=O) groups excluding carboxylic acids is 2. The first-order chi connectivity index (χ1) is 17.9. The molecule has 37 heavy (non-hydrogen) atoms. The number of carbonyl (C=O) groups is 2. The third-order valence-electron chi connectivity index (χ3n) is 5.68. The van der Waals surface area contributed by atoms with E-state index in [1.54, 1.807) is 26.0 Å². The van der Waals surface area contributed by atoms with Crippen LogP contribution in [0.15, 0.2) is 24.3 Å². The molecule has 0 aliphatic heterocycles. The predicted molar refractivity (Wildman–Crippen MR) is 147 cm³/mol. The van der Waals surface area contributed by atoms with Gasteiger partial charge in [-0.2, -0.15) is 0 Å². The zero-order chi connectivity index (χ0) is 27.5. The second-order valence-corrected chi connectivity index (χ2v) is 10.6. The Morgan fingerprint density at radius 2 is 0.811 bits per heavy atom. The Morgan fingerprint density at radius 1 is 0.541 bits per heavy atom. The molecule has 1 N–H and O–H groups in total. The summed E-state index contributed by atoms with van der Waals surface area (Å²) in [5.74, 6) is -0.556. The molecule has 0 atom stereocenters. The average Bonchev–Trinajstić information content (AvgIpc) is 2.85. The van der Waals surface area contributed by atoms with Crippen molar-refractivity contribution in [3.8, 4) is 0 Å². The fourth-order valence-corrected chi connectivity index (χ4v) is 4.43. The van der Waals surface area contributed by atoms with Crippen molar-refractivity contribution in [2.24, 2.45) is 0 Å². The summed E-state index contributed by atoms with van der Waals surface area (Å²) in [4.78, 5) is 32.1. The van der Waals surface area contributed by atoms with Gasteiger partial charge in [0.2, 0.25) is 0 Å². The molecule has 0 fully saturated rings. The summed E-state index contributed by atoms with van der Waals surface area (Å²) in [5, 5.41) is 0. The maximum absolute atomic E-state index is 11.9. The molecule has 216 valence electrons. The zero-order valence-electron chi connectivity index (χ0n) is 23.2. The minimum Gasteiger partial charge on any atom is -0.463 e. The van der Waals surface area contributed by atoms with Crippen LogP contribution in [0.1, 0.15) is 117 Å². The van der Waals surface area contributed by atoms with E-state index in [1.165, 1.54) is 12.2 Å². The monoisotopic (exact) mass is 546 g/mol. The molecule has 0 amide bonds. The van der Waals surface area contributed by atoms with Gasteiger partial charge < -0.3 is 14.4 Å². The summed E-state index contributed by atoms with van der Waals surface area (Å²) in [6.07, 6.45) is 22.4. The molecule has 0 radical (unpaired) electrons. The molecule has 0 bridgehead atoms. The first-order valence-corrected chi connectivity index (χ1v) is 15.6. The van der Waals surface area contributed by atoms with Crippen molar-refractivity contribution < 1.29 is 37.6 Å². The van der Waals surface area contributed by atoms with E-state index in [1.807, 2.05) is 0 Å². The Hall–Kier alpha value is -1.47. The van der Waals surface area contributed by atoms with E-state index in [-0.39, 0.29) is 25.2 Å². The van der Waals surface area contributed by atoms with Crippen molar-refractivity contribution in [1.29, 1.82) is 0 Å². The fraction of sp³-hybridized carbons (Fsp3) is 0.786. The zero-order valence-corrected chi connectivity index (χ0v) is 24.1. The second kappa shape index (κ2) is 26.1. The highest BCUT2D eigenvalue weighted by Crippen LogP contribution is 2.43. The molecule has 0 aliphatic rings. The molecule has 0 saturated heterocycles. The summed E-state index contributed by atoms with van der Waals surface area (Å²) in [6, 6.07) is 0. The van der Waals surface area contributed by atoms with Gasteiger partial charge >= 0.3 is 19.8 Å². The number of allylic oxidation sites excluding steroid dienone is 2. The summed E-state index contributed by atoms with van der Waals surface area (Å²) in [5.41, 5.74) is 0. The van der Waals surface area contributed by atoms with E-state index in [2.05, 4.69) is 0 Å². The summed E-state index contributed by atoms with van der Waals surface area (Å²) >= 11 is 0. The number of phosphoric acid groups is 1. The van der Waals surface area contributed by atoms with Crippen LogP contribution in [0, 0.1) is 0 Å².